The zero-order valence-corrected chi connectivity index (χ0v) is 36.8. The number of benzene rings is 2. The summed E-state index contributed by atoms with van der Waals surface area (Å²) in [6, 6.07) is 7.52. The Kier molecular flexibility index (Phi) is 10.5. The summed E-state index contributed by atoms with van der Waals surface area (Å²) >= 11 is 6.71. The number of halogens is 8. The van der Waals surface area contributed by atoms with E-state index in [1.165, 1.54) is 17.8 Å². The van der Waals surface area contributed by atoms with Gasteiger partial charge in [0, 0.05) is 41.4 Å². The summed E-state index contributed by atoms with van der Waals surface area (Å²) in [5.41, 5.74) is -1.92. The smallest absolute Gasteiger partial charge is 0.346 e. The highest BCUT2D eigenvalue weighted by molar-refractivity contribution is 7.93. The number of pyridine rings is 1. The molecule has 0 bridgehead atoms. The highest BCUT2D eigenvalue weighted by Crippen LogP contribution is 2.68. The molecular formula is C42H41ClF7N7O5S2. The third-order valence-electron chi connectivity index (χ3n) is 12.6. The molecular weight excluding hydrogens is 915 g/mol. The van der Waals surface area contributed by atoms with Gasteiger partial charge in [0.1, 0.15) is 23.9 Å². The maximum absolute atomic E-state index is 15.5. The number of nitrogens with one attached hydrogen (secondary N) is 2. The number of rotatable bonds is 15. The maximum Gasteiger partial charge on any atom is 0.435 e. The summed E-state index contributed by atoms with van der Waals surface area (Å²) in [4.78, 5) is 19.0. The van der Waals surface area contributed by atoms with Crippen LogP contribution in [0.1, 0.15) is 98.2 Å². The Bertz CT molecular complexity index is 2960. The van der Waals surface area contributed by atoms with Crippen LogP contribution in [0.5, 0.6) is 0 Å². The van der Waals surface area contributed by atoms with Crippen LogP contribution in [0.15, 0.2) is 42.5 Å². The van der Waals surface area contributed by atoms with Crippen molar-refractivity contribution in [2.75, 3.05) is 4.72 Å². The van der Waals surface area contributed by atoms with E-state index in [1.807, 2.05) is 0 Å². The van der Waals surface area contributed by atoms with Crippen molar-refractivity contribution in [3.8, 4) is 11.1 Å². The molecule has 12 nitrogen and oxygen atoms in total. The maximum atomic E-state index is 15.5. The molecule has 3 saturated carbocycles. The minimum absolute atomic E-state index is 0.00197. The fourth-order valence-corrected chi connectivity index (χ4v) is 12.6. The van der Waals surface area contributed by atoms with Crippen LogP contribution < -0.4 is 10.0 Å². The van der Waals surface area contributed by atoms with Gasteiger partial charge in [-0.05, 0) is 101 Å². The Hall–Kier alpha value is -4.76. The number of sulfone groups is 1. The number of aryl methyl sites for hydroxylation is 2. The lowest BCUT2D eigenvalue weighted by Crippen LogP contribution is -2.36. The number of nitrogens with zero attached hydrogens (tertiary/aromatic N) is 5. The van der Waals surface area contributed by atoms with E-state index >= 15 is 8.78 Å². The van der Waals surface area contributed by atoms with E-state index < -0.39 is 113 Å². The SMILES string of the molecule is Cn1nc(NS(=O)(=O)C2CC2)c2c(Cl)ccc(-c3ccc(CCC(C)(C)S(=O)(=O)C4CC4)nc3[C@H](Cc3cc(F)cc(F)c3)NC(=O)Cn3nc(C(F)(F)F)c4c3C(F)(F)[C@@H]3C[C@H]43)c21. The molecule has 4 aliphatic carbocycles. The van der Waals surface area contributed by atoms with Crippen LogP contribution in [0.3, 0.4) is 0 Å². The van der Waals surface area contributed by atoms with Crippen LogP contribution in [0.25, 0.3) is 22.0 Å². The number of fused-ring (bicyclic) bond motifs is 4. The van der Waals surface area contributed by atoms with E-state index in [4.69, 9.17) is 16.6 Å². The van der Waals surface area contributed by atoms with Crippen molar-refractivity contribution in [2.24, 2.45) is 13.0 Å². The molecule has 2 N–H and O–H groups in total. The lowest BCUT2D eigenvalue weighted by atomic mass is 9.93. The van der Waals surface area contributed by atoms with Crippen molar-refractivity contribution < 1.29 is 52.4 Å². The zero-order chi connectivity index (χ0) is 46.1. The van der Waals surface area contributed by atoms with Gasteiger partial charge in [-0.25, -0.2) is 25.6 Å². The van der Waals surface area contributed by atoms with Gasteiger partial charge < -0.3 is 5.32 Å². The minimum atomic E-state index is -5.09. The molecule has 342 valence electrons. The molecule has 0 saturated heterocycles. The number of hydrogen-bond acceptors (Lipinski definition) is 8. The topological polar surface area (TPSA) is 158 Å². The number of alkyl halides is 5. The molecule has 22 heteroatoms. The van der Waals surface area contributed by atoms with E-state index in [1.54, 1.807) is 32.0 Å². The van der Waals surface area contributed by atoms with Crippen LogP contribution >= 0.6 is 11.6 Å². The highest BCUT2D eigenvalue weighted by Gasteiger charge is 2.68. The molecule has 4 aliphatic rings. The molecule has 5 aromatic rings. The number of aromatic nitrogens is 5. The zero-order valence-electron chi connectivity index (χ0n) is 34.4. The van der Waals surface area contributed by atoms with Gasteiger partial charge in [0.25, 0.3) is 5.92 Å². The van der Waals surface area contributed by atoms with Crippen molar-refractivity contribution in [2.45, 2.75) is 111 Å². The Balaban J connectivity index is 1.17. The molecule has 0 unspecified atom stereocenters. The predicted octanol–water partition coefficient (Wildman–Crippen LogP) is 8.28. The molecule has 0 radical (unpaired) electrons. The molecule has 3 aromatic heterocycles. The van der Waals surface area contributed by atoms with Gasteiger partial charge in [-0.15, -0.1) is 0 Å². The summed E-state index contributed by atoms with van der Waals surface area (Å²) in [7, 11) is -5.83. The van der Waals surface area contributed by atoms with E-state index in [9.17, 15) is 43.6 Å². The average Bonchev–Trinajstić information content (AvgIpc) is 4.07. The number of carbonyl (C=O) groups excluding carboxylic acids is 1. The number of sulfonamides is 1. The molecule has 3 fully saturated rings. The van der Waals surface area contributed by atoms with Gasteiger partial charge >= 0.3 is 6.18 Å². The second-order valence-electron chi connectivity index (χ2n) is 17.8. The van der Waals surface area contributed by atoms with E-state index in [0.717, 1.165) is 12.1 Å². The van der Waals surface area contributed by atoms with Gasteiger partial charge in [-0.2, -0.15) is 32.1 Å². The Morgan fingerprint density at radius 2 is 1.61 bits per heavy atom. The van der Waals surface area contributed by atoms with Crippen molar-refractivity contribution in [3.05, 3.63) is 93.0 Å². The van der Waals surface area contributed by atoms with Crippen LogP contribution in [-0.2, 0) is 63.2 Å². The average molecular weight is 956 g/mol. The number of anilines is 1. The second kappa shape index (κ2) is 15.1. The van der Waals surface area contributed by atoms with Gasteiger partial charge in [-0.3, -0.25) is 23.9 Å². The van der Waals surface area contributed by atoms with Crippen LogP contribution in [-0.4, -0.2) is 62.5 Å². The molecule has 3 heterocycles. The Morgan fingerprint density at radius 1 is 0.953 bits per heavy atom. The van der Waals surface area contributed by atoms with Crippen molar-refractivity contribution in [1.82, 2.24) is 29.9 Å². The van der Waals surface area contributed by atoms with Crippen LogP contribution in [0.2, 0.25) is 5.02 Å². The fraction of sp³-hybridized carbons (Fsp3) is 0.476. The first-order chi connectivity index (χ1) is 29.9. The van der Waals surface area contributed by atoms with E-state index in [2.05, 4.69) is 20.2 Å². The highest BCUT2D eigenvalue weighted by atomic mass is 35.5. The number of amides is 1. The van der Waals surface area contributed by atoms with Crippen molar-refractivity contribution >= 4 is 54.1 Å². The summed E-state index contributed by atoms with van der Waals surface area (Å²) in [6.45, 7) is 2.13. The third-order valence-corrected chi connectivity index (χ3v) is 17.9. The first-order valence-electron chi connectivity index (χ1n) is 20.6. The molecule has 1 amide bonds. The molecule has 0 aliphatic heterocycles. The molecule has 3 atom stereocenters. The van der Waals surface area contributed by atoms with Gasteiger partial charge in [0.05, 0.1) is 42.9 Å². The van der Waals surface area contributed by atoms with Gasteiger partial charge in [0.2, 0.25) is 15.9 Å². The normalized spacial score (nSPS) is 20.0. The molecule has 64 heavy (non-hydrogen) atoms. The molecule has 9 rings (SSSR count). The molecule has 2 aromatic carbocycles. The minimum Gasteiger partial charge on any atom is -0.346 e. The van der Waals surface area contributed by atoms with E-state index in [-0.39, 0.29) is 52.3 Å². The Labute approximate surface area is 367 Å². The van der Waals surface area contributed by atoms with Crippen molar-refractivity contribution in [3.63, 3.8) is 0 Å². The van der Waals surface area contributed by atoms with Crippen LogP contribution in [0, 0.1) is 17.6 Å². The quantitative estimate of drug-likeness (QED) is 0.0994. The van der Waals surface area contributed by atoms with Crippen LogP contribution in [0.4, 0.5) is 36.6 Å². The lowest BCUT2D eigenvalue weighted by Gasteiger charge is -2.26. The van der Waals surface area contributed by atoms with Gasteiger partial charge in [0.15, 0.2) is 21.3 Å². The lowest BCUT2D eigenvalue weighted by molar-refractivity contribution is -0.142. The van der Waals surface area contributed by atoms with Crippen molar-refractivity contribution in [1.29, 1.82) is 0 Å². The third kappa shape index (κ3) is 7.92. The first kappa shape index (κ1) is 44.4. The standard InChI is InChI=1S/C42H41ClF7N7O5S2/c1-40(2,63(59,60)24-5-6-24)13-12-23-4-9-26(27-10-11-30(43)34-36(27)56(3)54-39(34)55-64(61,62)25-7-8-25)35(51-23)31(16-20-14-21(44)17-22(45)15-20)52-32(58)19-57-38-33(37(53-57)42(48,49)50)28-18-29(28)41(38,46)47/h4,9-11,14-15,17,24-25,28-29,31H,5-8,12-13,16,18-19H2,1-3H3,(H,52,58)(H,54,55)/t28-,29+,31-/m0/s1. The summed E-state index contributed by atoms with van der Waals surface area (Å²) < 4.78 is 159. The van der Waals surface area contributed by atoms with Gasteiger partial charge in [-0.1, -0.05) is 23.7 Å². The second-order valence-corrected chi connectivity index (χ2v) is 23.0. The van der Waals surface area contributed by atoms with E-state index in [0.29, 0.717) is 53.2 Å². The largest absolute Gasteiger partial charge is 0.435 e. The predicted molar refractivity (Wildman–Crippen MR) is 222 cm³/mol. The fourth-order valence-electron chi connectivity index (χ4n) is 8.96. The summed E-state index contributed by atoms with van der Waals surface area (Å²) in [6.07, 6.45) is -3.43. The number of hydrogen-bond donors (Lipinski definition) is 2. The molecule has 0 spiro atoms. The monoisotopic (exact) mass is 955 g/mol. The Morgan fingerprint density at radius 3 is 2.25 bits per heavy atom. The summed E-state index contributed by atoms with van der Waals surface area (Å²) in [5.74, 6) is -9.23. The summed E-state index contributed by atoms with van der Waals surface area (Å²) in [5, 5.41) is 9.83. The first-order valence-corrected chi connectivity index (χ1v) is 24.1. The number of carbonyl (C=O) groups is 1.